The van der Waals surface area contributed by atoms with Crippen LogP contribution in [0, 0.1) is 12.7 Å². The molecule has 6 heteroatoms. The molecule has 1 aliphatic rings. The summed E-state index contributed by atoms with van der Waals surface area (Å²) in [5.41, 5.74) is 4.23. The number of hydrogen-bond donors (Lipinski definition) is 0. The van der Waals surface area contributed by atoms with E-state index in [1.807, 2.05) is 11.6 Å². The van der Waals surface area contributed by atoms with Crippen LogP contribution in [-0.2, 0) is 24.3 Å². The summed E-state index contributed by atoms with van der Waals surface area (Å²) in [5.74, 6) is -0.304. The molecule has 0 saturated carbocycles. The van der Waals surface area contributed by atoms with E-state index in [1.165, 1.54) is 17.7 Å². The predicted octanol–water partition coefficient (Wildman–Crippen LogP) is 2.50. The average Bonchev–Trinajstić information content (AvgIpc) is 2.84. The van der Waals surface area contributed by atoms with Crippen molar-refractivity contribution in [3.63, 3.8) is 0 Å². The predicted molar refractivity (Wildman–Crippen MR) is 82.3 cm³/mol. The first-order valence-electron chi connectivity index (χ1n) is 7.22. The van der Waals surface area contributed by atoms with Crippen LogP contribution >= 0.6 is 11.6 Å². The minimum absolute atomic E-state index is 0.000411. The summed E-state index contributed by atoms with van der Waals surface area (Å²) in [5, 5.41) is 4.58. The van der Waals surface area contributed by atoms with Gasteiger partial charge in [-0.1, -0.05) is 12.1 Å². The van der Waals surface area contributed by atoms with Crippen molar-refractivity contribution in [2.75, 3.05) is 12.4 Å². The fourth-order valence-electron chi connectivity index (χ4n) is 2.87. The van der Waals surface area contributed by atoms with Crippen LogP contribution < -0.4 is 0 Å². The molecule has 0 radical (unpaired) electrons. The van der Waals surface area contributed by atoms with Gasteiger partial charge in [0.05, 0.1) is 24.5 Å². The van der Waals surface area contributed by atoms with E-state index < -0.39 is 0 Å². The summed E-state index contributed by atoms with van der Waals surface area (Å²) in [4.78, 5) is 13.6. The standard InChI is InChI=1S/C16H17ClFN3O/c1-11-14-6-7-20(16(22)8-17)10-15(14)21(19-11)9-12-2-4-13(18)5-3-12/h2-5H,6-10H2,1H3. The topological polar surface area (TPSA) is 38.1 Å². The van der Waals surface area contributed by atoms with Crippen LogP contribution in [0.2, 0.25) is 0 Å². The van der Waals surface area contributed by atoms with Crippen LogP contribution in [0.15, 0.2) is 24.3 Å². The molecule has 2 heterocycles. The Bertz CT molecular complexity index is 696. The fraction of sp³-hybridized carbons (Fsp3) is 0.375. The van der Waals surface area contributed by atoms with Crippen molar-refractivity contribution < 1.29 is 9.18 Å². The monoisotopic (exact) mass is 321 g/mol. The van der Waals surface area contributed by atoms with Gasteiger partial charge in [-0.15, -0.1) is 11.6 Å². The Morgan fingerprint density at radius 1 is 1.36 bits per heavy atom. The van der Waals surface area contributed by atoms with Gasteiger partial charge in [0.25, 0.3) is 0 Å². The molecule has 22 heavy (non-hydrogen) atoms. The van der Waals surface area contributed by atoms with E-state index in [0.717, 1.165) is 23.4 Å². The van der Waals surface area contributed by atoms with Crippen LogP contribution in [0.25, 0.3) is 0 Å². The Balaban J connectivity index is 1.87. The van der Waals surface area contributed by atoms with Crippen molar-refractivity contribution in [3.8, 4) is 0 Å². The minimum Gasteiger partial charge on any atom is -0.335 e. The third-order valence-electron chi connectivity index (χ3n) is 4.05. The molecule has 1 aromatic heterocycles. The molecule has 0 atom stereocenters. The van der Waals surface area contributed by atoms with Gasteiger partial charge >= 0.3 is 0 Å². The van der Waals surface area contributed by atoms with Crippen molar-refractivity contribution >= 4 is 17.5 Å². The number of carbonyl (C=O) groups excluding carboxylic acids is 1. The lowest BCUT2D eigenvalue weighted by Crippen LogP contribution is -2.37. The Morgan fingerprint density at radius 3 is 2.77 bits per heavy atom. The SMILES string of the molecule is Cc1nn(Cc2ccc(F)cc2)c2c1CCN(C(=O)CCl)C2. The van der Waals surface area contributed by atoms with Gasteiger partial charge in [0.2, 0.25) is 5.91 Å². The van der Waals surface area contributed by atoms with E-state index in [-0.39, 0.29) is 17.6 Å². The van der Waals surface area contributed by atoms with Crippen LogP contribution in [0.5, 0.6) is 0 Å². The van der Waals surface area contributed by atoms with E-state index >= 15 is 0 Å². The maximum Gasteiger partial charge on any atom is 0.237 e. The Kier molecular flexibility index (Phi) is 4.16. The van der Waals surface area contributed by atoms with Crippen molar-refractivity contribution in [1.29, 1.82) is 0 Å². The number of fused-ring (bicyclic) bond motifs is 1. The number of amides is 1. The van der Waals surface area contributed by atoms with Crippen molar-refractivity contribution in [1.82, 2.24) is 14.7 Å². The number of halogens is 2. The number of rotatable bonds is 3. The molecular weight excluding hydrogens is 305 g/mol. The Labute approximate surface area is 133 Å². The quantitative estimate of drug-likeness (QED) is 0.815. The number of hydrogen-bond acceptors (Lipinski definition) is 2. The van der Waals surface area contributed by atoms with Gasteiger partial charge in [-0.3, -0.25) is 9.48 Å². The highest BCUT2D eigenvalue weighted by Gasteiger charge is 2.25. The highest BCUT2D eigenvalue weighted by Crippen LogP contribution is 2.23. The first kappa shape index (κ1) is 15.0. The van der Waals surface area contributed by atoms with Gasteiger partial charge in [0.1, 0.15) is 11.7 Å². The van der Waals surface area contributed by atoms with Crippen molar-refractivity contribution in [2.45, 2.75) is 26.4 Å². The zero-order valence-electron chi connectivity index (χ0n) is 12.4. The third kappa shape index (κ3) is 2.86. The van der Waals surface area contributed by atoms with E-state index in [0.29, 0.717) is 19.6 Å². The molecule has 1 aliphatic heterocycles. The number of alkyl halides is 1. The van der Waals surface area contributed by atoms with Gasteiger partial charge in [0.15, 0.2) is 0 Å². The molecule has 3 rings (SSSR count). The molecule has 1 amide bonds. The number of aromatic nitrogens is 2. The number of nitrogens with zero attached hydrogens (tertiary/aromatic N) is 3. The van der Waals surface area contributed by atoms with E-state index in [9.17, 15) is 9.18 Å². The largest absolute Gasteiger partial charge is 0.335 e. The highest BCUT2D eigenvalue weighted by atomic mass is 35.5. The summed E-state index contributed by atoms with van der Waals surface area (Å²) in [6, 6.07) is 6.40. The molecule has 0 unspecified atom stereocenters. The third-order valence-corrected chi connectivity index (χ3v) is 4.28. The van der Waals surface area contributed by atoms with Crippen molar-refractivity contribution in [2.24, 2.45) is 0 Å². The van der Waals surface area contributed by atoms with Gasteiger partial charge in [-0.05, 0) is 36.6 Å². The van der Waals surface area contributed by atoms with Gasteiger partial charge in [-0.25, -0.2) is 4.39 Å². The summed E-state index contributed by atoms with van der Waals surface area (Å²) in [7, 11) is 0. The van der Waals surface area contributed by atoms with Crippen LogP contribution in [-0.4, -0.2) is 33.0 Å². The molecule has 0 saturated heterocycles. The first-order valence-corrected chi connectivity index (χ1v) is 7.75. The average molecular weight is 322 g/mol. The lowest BCUT2D eigenvalue weighted by molar-refractivity contribution is -0.129. The second-order valence-corrected chi connectivity index (χ2v) is 5.76. The second-order valence-electron chi connectivity index (χ2n) is 5.49. The molecule has 0 N–H and O–H groups in total. The van der Waals surface area contributed by atoms with Gasteiger partial charge < -0.3 is 4.90 Å². The van der Waals surface area contributed by atoms with Crippen molar-refractivity contribution in [3.05, 3.63) is 52.6 Å². The smallest absolute Gasteiger partial charge is 0.237 e. The second kappa shape index (κ2) is 6.08. The first-order chi connectivity index (χ1) is 10.6. The van der Waals surface area contributed by atoms with Crippen LogP contribution in [0.4, 0.5) is 4.39 Å². The van der Waals surface area contributed by atoms with Gasteiger partial charge in [0, 0.05) is 6.54 Å². The number of carbonyl (C=O) groups is 1. The molecule has 1 aromatic carbocycles. The summed E-state index contributed by atoms with van der Waals surface area (Å²) < 4.78 is 14.9. The van der Waals surface area contributed by atoms with E-state index in [1.54, 1.807) is 17.0 Å². The molecule has 0 spiro atoms. The maximum atomic E-state index is 13.0. The lowest BCUT2D eigenvalue weighted by Gasteiger charge is -2.27. The summed E-state index contributed by atoms with van der Waals surface area (Å²) >= 11 is 5.65. The lowest BCUT2D eigenvalue weighted by atomic mass is 10.0. The summed E-state index contributed by atoms with van der Waals surface area (Å²) in [6.45, 7) is 3.77. The minimum atomic E-state index is -0.249. The normalized spacial score (nSPS) is 14.0. The molecule has 0 aliphatic carbocycles. The number of aryl methyl sites for hydroxylation is 1. The maximum absolute atomic E-state index is 13.0. The fourth-order valence-corrected chi connectivity index (χ4v) is 3.04. The van der Waals surface area contributed by atoms with E-state index in [4.69, 9.17) is 11.6 Å². The zero-order valence-corrected chi connectivity index (χ0v) is 13.1. The van der Waals surface area contributed by atoms with Gasteiger partial charge in [-0.2, -0.15) is 5.10 Å². The van der Waals surface area contributed by atoms with E-state index in [2.05, 4.69) is 5.10 Å². The molecule has 4 nitrogen and oxygen atoms in total. The number of benzene rings is 1. The molecule has 0 fully saturated rings. The summed E-state index contributed by atoms with van der Waals surface area (Å²) in [6.07, 6.45) is 0.799. The highest BCUT2D eigenvalue weighted by molar-refractivity contribution is 6.27. The molecule has 0 bridgehead atoms. The molecule has 116 valence electrons. The Morgan fingerprint density at radius 2 is 2.09 bits per heavy atom. The molecule has 2 aromatic rings. The van der Waals surface area contributed by atoms with Crippen LogP contribution in [0.1, 0.15) is 22.5 Å². The van der Waals surface area contributed by atoms with Crippen LogP contribution in [0.3, 0.4) is 0 Å². The Hall–Kier alpha value is -1.88. The molecular formula is C16H17ClFN3O. The zero-order chi connectivity index (χ0) is 15.7.